The highest BCUT2D eigenvalue weighted by atomic mass is 32.1. The first-order valence-electron chi connectivity index (χ1n) is 15.5. The van der Waals surface area contributed by atoms with Crippen molar-refractivity contribution in [2.45, 2.75) is 19.8 Å². The van der Waals surface area contributed by atoms with Gasteiger partial charge < -0.3 is 19.8 Å². The molecule has 0 unspecified atom stereocenters. The van der Waals surface area contributed by atoms with Crippen LogP contribution in [0.5, 0.6) is 0 Å². The van der Waals surface area contributed by atoms with Crippen molar-refractivity contribution in [2.75, 3.05) is 22.9 Å². The normalized spacial score (nSPS) is 14.0. The van der Waals surface area contributed by atoms with Gasteiger partial charge in [-0.2, -0.15) is 0 Å². The fourth-order valence-electron chi connectivity index (χ4n) is 6.34. The minimum atomic E-state index is -0.849. The van der Waals surface area contributed by atoms with Crippen LogP contribution in [0.1, 0.15) is 37.0 Å². The average molecular weight is 705 g/mol. The van der Waals surface area contributed by atoms with Gasteiger partial charge in [-0.05, 0) is 66.9 Å². The summed E-state index contributed by atoms with van der Waals surface area (Å²) in [4.78, 5) is 35.2. The zero-order valence-electron chi connectivity index (χ0n) is 26.2. The minimum Gasteiger partial charge on any atom is -0.358 e. The Kier molecular flexibility index (Phi) is 8.60. The van der Waals surface area contributed by atoms with Crippen molar-refractivity contribution < 1.29 is 35.9 Å². The fourth-order valence-corrected chi connectivity index (χ4v) is 7.04. The molecule has 2 amide bonds. The molecule has 5 heterocycles. The quantitative estimate of drug-likeness (QED) is 0.180. The molecule has 8 rings (SSSR count). The van der Waals surface area contributed by atoms with E-state index in [1.54, 1.807) is 22.3 Å². The van der Waals surface area contributed by atoms with E-state index in [1.165, 1.54) is 36.4 Å². The molecular formula is C37H26F6N4O2S. The number of hydrogen-bond donors (Lipinski definition) is 2. The van der Waals surface area contributed by atoms with Crippen molar-refractivity contribution in [3.63, 3.8) is 0 Å². The standard InChI is InChI=1S/C19H12F4N2O.C18H14F2N2OS/c20-11-3-1-4-12(21)17(11)16-9-10-15(24-16)7-8-25(19(10)26)18-13(22)5-2-6-14(18)23;1-10-16(6-8-24-10)22-7-5-14-11(18(22)23)9-15(21-14)17-12(19)3-2-4-13(17)20/h1-6,9,24H,7-8H2;2-4,6,8-9,21H,5,7H2,1H3. The number of para-hydroxylation sites is 1. The third-order valence-corrected chi connectivity index (χ3v) is 9.55. The van der Waals surface area contributed by atoms with Crippen molar-refractivity contribution in [3.05, 3.63) is 140 Å². The van der Waals surface area contributed by atoms with Crippen LogP contribution in [0.15, 0.2) is 78.2 Å². The summed E-state index contributed by atoms with van der Waals surface area (Å²) >= 11 is 1.59. The Bertz CT molecular complexity index is 2230. The van der Waals surface area contributed by atoms with Crippen LogP contribution < -0.4 is 9.80 Å². The molecule has 2 N–H and O–H groups in total. The van der Waals surface area contributed by atoms with Crippen LogP contribution in [0.4, 0.5) is 37.7 Å². The van der Waals surface area contributed by atoms with Gasteiger partial charge in [-0.3, -0.25) is 9.59 Å². The number of thiophene rings is 1. The minimum absolute atomic E-state index is 0.0450. The maximum Gasteiger partial charge on any atom is 0.260 e. The number of fused-ring (bicyclic) bond motifs is 2. The van der Waals surface area contributed by atoms with Gasteiger partial charge in [0, 0.05) is 42.2 Å². The predicted molar refractivity (Wildman–Crippen MR) is 178 cm³/mol. The van der Waals surface area contributed by atoms with Gasteiger partial charge in [-0.1, -0.05) is 18.2 Å². The number of halogens is 6. The fraction of sp³-hybridized carbons (Fsp3) is 0.135. The van der Waals surface area contributed by atoms with Crippen LogP contribution in [-0.2, 0) is 12.8 Å². The van der Waals surface area contributed by atoms with E-state index in [9.17, 15) is 35.9 Å². The van der Waals surface area contributed by atoms with Gasteiger partial charge in [-0.15, -0.1) is 11.3 Å². The number of aromatic amines is 2. The Morgan fingerprint density at radius 1 is 0.600 bits per heavy atom. The van der Waals surface area contributed by atoms with Crippen molar-refractivity contribution in [1.29, 1.82) is 0 Å². The number of aryl methyl sites for hydroxylation is 1. The monoisotopic (exact) mass is 704 g/mol. The van der Waals surface area contributed by atoms with Crippen LogP contribution in [0, 0.1) is 41.8 Å². The number of aromatic nitrogens is 2. The predicted octanol–water partition coefficient (Wildman–Crippen LogP) is 8.97. The number of H-pyrrole nitrogens is 2. The van der Waals surface area contributed by atoms with E-state index in [0.29, 0.717) is 29.9 Å². The van der Waals surface area contributed by atoms with E-state index in [0.717, 1.165) is 45.4 Å². The highest BCUT2D eigenvalue weighted by molar-refractivity contribution is 7.10. The first-order valence-corrected chi connectivity index (χ1v) is 16.4. The summed E-state index contributed by atoms with van der Waals surface area (Å²) < 4.78 is 84.0. The Morgan fingerprint density at radius 3 is 1.46 bits per heavy atom. The topological polar surface area (TPSA) is 72.2 Å². The van der Waals surface area contributed by atoms with Gasteiger partial charge >= 0.3 is 0 Å². The molecule has 50 heavy (non-hydrogen) atoms. The van der Waals surface area contributed by atoms with Crippen LogP contribution in [-0.4, -0.2) is 34.9 Å². The molecule has 2 aliphatic rings. The smallest absolute Gasteiger partial charge is 0.260 e. The van der Waals surface area contributed by atoms with Gasteiger partial charge in [0.2, 0.25) is 0 Å². The van der Waals surface area contributed by atoms with Crippen molar-refractivity contribution in [3.8, 4) is 22.5 Å². The largest absolute Gasteiger partial charge is 0.358 e. The van der Waals surface area contributed by atoms with E-state index in [2.05, 4.69) is 9.97 Å². The van der Waals surface area contributed by atoms with Gasteiger partial charge in [0.05, 0.1) is 39.3 Å². The highest BCUT2D eigenvalue weighted by Gasteiger charge is 2.32. The number of hydrogen-bond acceptors (Lipinski definition) is 3. The van der Waals surface area contributed by atoms with Crippen LogP contribution >= 0.6 is 11.3 Å². The molecule has 0 fully saturated rings. The Labute approximate surface area is 285 Å². The molecule has 0 aliphatic carbocycles. The number of rotatable bonds is 4. The number of anilines is 2. The summed E-state index contributed by atoms with van der Waals surface area (Å²) in [5, 5.41) is 1.95. The number of amides is 2. The zero-order chi connectivity index (χ0) is 35.3. The summed E-state index contributed by atoms with van der Waals surface area (Å²) in [6.45, 7) is 2.56. The summed E-state index contributed by atoms with van der Waals surface area (Å²) in [6.07, 6.45) is 0.886. The van der Waals surface area contributed by atoms with Gasteiger partial charge in [0.15, 0.2) is 0 Å². The average Bonchev–Trinajstić information content (AvgIpc) is 3.82. The number of nitrogens with one attached hydrogen (secondary N) is 2. The van der Waals surface area contributed by atoms with Crippen molar-refractivity contribution in [1.82, 2.24) is 9.97 Å². The summed E-state index contributed by atoms with van der Waals surface area (Å²) in [6, 6.07) is 15.3. The number of carbonyl (C=O) groups is 2. The molecule has 0 saturated carbocycles. The number of benzene rings is 3. The van der Waals surface area contributed by atoms with Gasteiger partial charge in [0.1, 0.15) is 40.6 Å². The third kappa shape index (κ3) is 5.76. The lowest BCUT2D eigenvalue weighted by Crippen LogP contribution is -2.38. The lowest BCUT2D eigenvalue weighted by atomic mass is 10.0. The molecule has 0 radical (unpaired) electrons. The highest BCUT2D eigenvalue weighted by Crippen LogP contribution is 2.35. The lowest BCUT2D eigenvalue weighted by Gasteiger charge is -2.27. The number of carbonyl (C=O) groups excluding carboxylic acids is 2. The molecule has 0 atom stereocenters. The van der Waals surface area contributed by atoms with E-state index in [4.69, 9.17) is 0 Å². The summed E-state index contributed by atoms with van der Waals surface area (Å²) in [5.74, 6) is -5.30. The second-order valence-corrected chi connectivity index (χ2v) is 12.8. The van der Waals surface area contributed by atoms with Crippen LogP contribution in [0.25, 0.3) is 22.5 Å². The zero-order valence-corrected chi connectivity index (χ0v) is 27.0. The molecule has 3 aromatic heterocycles. The van der Waals surface area contributed by atoms with E-state index in [-0.39, 0.29) is 41.3 Å². The van der Waals surface area contributed by atoms with Crippen LogP contribution in [0.3, 0.4) is 0 Å². The van der Waals surface area contributed by atoms with Crippen LogP contribution in [0.2, 0.25) is 0 Å². The van der Waals surface area contributed by atoms with E-state index in [1.807, 2.05) is 18.4 Å². The molecule has 254 valence electrons. The molecule has 0 spiro atoms. The molecule has 0 bridgehead atoms. The Hall–Kier alpha value is -5.56. The molecule has 13 heteroatoms. The number of nitrogens with zero attached hydrogens (tertiary/aromatic N) is 2. The lowest BCUT2D eigenvalue weighted by molar-refractivity contribution is 0.0972. The Balaban J connectivity index is 0.000000157. The third-order valence-electron chi connectivity index (χ3n) is 8.71. The van der Waals surface area contributed by atoms with Gasteiger partial charge in [-0.25, -0.2) is 26.3 Å². The molecule has 2 aliphatic heterocycles. The summed E-state index contributed by atoms with van der Waals surface area (Å²) in [5.41, 5.74) is 2.28. The molecule has 6 nitrogen and oxygen atoms in total. The van der Waals surface area contributed by atoms with Crippen molar-refractivity contribution >= 4 is 34.5 Å². The van der Waals surface area contributed by atoms with E-state index >= 15 is 0 Å². The SMILES string of the molecule is Cc1sccc1N1CCc2[nH]c(-c3c(F)cccc3F)cc2C1=O.O=C1c2cc(-c3c(F)cccc3F)[nH]c2CCN1c1c(F)cccc1F. The maximum atomic E-state index is 14.0. The first kappa shape index (κ1) is 33.0. The maximum absolute atomic E-state index is 14.0. The molecular weight excluding hydrogens is 678 g/mol. The molecule has 6 aromatic rings. The Morgan fingerprint density at radius 2 is 1.02 bits per heavy atom. The van der Waals surface area contributed by atoms with Crippen molar-refractivity contribution in [2.24, 2.45) is 0 Å². The first-order chi connectivity index (χ1) is 24.0. The van der Waals surface area contributed by atoms with Gasteiger partial charge in [0.25, 0.3) is 11.8 Å². The van der Waals surface area contributed by atoms with E-state index < -0.39 is 46.5 Å². The summed E-state index contributed by atoms with van der Waals surface area (Å²) in [7, 11) is 0. The molecule has 0 saturated heterocycles. The second kappa shape index (κ2) is 13.0. The molecule has 3 aromatic carbocycles. The second-order valence-electron chi connectivity index (χ2n) is 11.7.